The first-order valence-electron chi connectivity index (χ1n) is 5.55. The molecule has 0 unspecified atom stereocenters. The van der Waals surface area contributed by atoms with Crippen molar-refractivity contribution in [1.82, 2.24) is 0 Å². The molecule has 108 valence electrons. The summed E-state index contributed by atoms with van der Waals surface area (Å²) in [6.45, 7) is 1.88. The van der Waals surface area contributed by atoms with Gasteiger partial charge in [0.05, 0.1) is 12.5 Å². The van der Waals surface area contributed by atoms with Gasteiger partial charge in [-0.25, -0.2) is 0 Å². The Kier molecular flexibility index (Phi) is 3.28. The van der Waals surface area contributed by atoms with E-state index in [4.69, 9.17) is 4.74 Å². The molecule has 0 aromatic heterocycles. The second kappa shape index (κ2) is 4.39. The maximum atomic E-state index is 12.1. The van der Waals surface area contributed by atoms with Gasteiger partial charge in [-0.05, 0) is 24.8 Å². The number of allylic oxidation sites excluding steroid dienone is 2. The number of carbonyl (C=O) groups is 1. The monoisotopic (exact) mass is 300 g/mol. The summed E-state index contributed by atoms with van der Waals surface area (Å²) in [7, 11) is -5.62. The van der Waals surface area contributed by atoms with Crippen LogP contribution in [0.4, 0.5) is 13.2 Å². The largest absolute Gasteiger partial charge is 0.534 e. The first-order valence-corrected chi connectivity index (χ1v) is 6.96. The summed E-state index contributed by atoms with van der Waals surface area (Å²) in [4.78, 5) is 11.4. The van der Waals surface area contributed by atoms with Crippen molar-refractivity contribution in [1.29, 1.82) is 0 Å². The minimum atomic E-state index is -5.62. The zero-order valence-corrected chi connectivity index (χ0v) is 10.6. The number of ether oxygens (including phenoxy) is 1. The molecule has 0 N–H and O–H groups in total. The summed E-state index contributed by atoms with van der Waals surface area (Å²) >= 11 is 0. The number of hydrogen-bond acceptors (Lipinski definition) is 5. The lowest BCUT2D eigenvalue weighted by atomic mass is 10.2. The van der Waals surface area contributed by atoms with Crippen LogP contribution in [-0.4, -0.2) is 26.5 Å². The second-order valence-electron chi connectivity index (χ2n) is 4.34. The van der Waals surface area contributed by atoms with Crippen molar-refractivity contribution in [3.8, 4) is 0 Å². The Labute approximate surface area is 107 Å². The molecule has 0 amide bonds. The molecule has 0 radical (unpaired) electrons. The molecule has 0 aliphatic heterocycles. The van der Waals surface area contributed by atoms with Crippen molar-refractivity contribution < 1.29 is 35.3 Å². The fraction of sp³-hybridized carbons (Fsp3) is 0.700. The average molecular weight is 300 g/mol. The molecule has 0 heterocycles. The van der Waals surface area contributed by atoms with Crippen LogP contribution < -0.4 is 0 Å². The molecule has 0 aromatic rings. The van der Waals surface area contributed by atoms with E-state index in [1.54, 1.807) is 6.92 Å². The van der Waals surface area contributed by atoms with Crippen molar-refractivity contribution in [3.63, 3.8) is 0 Å². The summed E-state index contributed by atoms with van der Waals surface area (Å²) in [6.07, 6.45) is 1.26. The van der Waals surface area contributed by atoms with E-state index in [0.29, 0.717) is 0 Å². The van der Waals surface area contributed by atoms with Crippen molar-refractivity contribution in [2.45, 2.75) is 18.9 Å². The minimum Gasteiger partial charge on any atom is -0.466 e. The van der Waals surface area contributed by atoms with Crippen LogP contribution in [0.1, 0.15) is 13.3 Å². The van der Waals surface area contributed by atoms with E-state index in [2.05, 4.69) is 4.18 Å². The molecule has 2 rings (SSSR count). The van der Waals surface area contributed by atoms with E-state index >= 15 is 0 Å². The van der Waals surface area contributed by atoms with Crippen LogP contribution in [-0.2, 0) is 23.8 Å². The Balaban J connectivity index is 1.97. The van der Waals surface area contributed by atoms with Gasteiger partial charge in [0.2, 0.25) is 0 Å². The number of esters is 1. The van der Waals surface area contributed by atoms with Crippen LogP contribution in [0.15, 0.2) is 11.8 Å². The molecule has 1 saturated carbocycles. The third-order valence-corrected chi connectivity index (χ3v) is 4.10. The highest BCUT2D eigenvalue weighted by Crippen LogP contribution is 2.57. The molecule has 0 spiro atoms. The first kappa shape index (κ1) is 14.2. The number of rotatable bonds is 4. The van der Waals surface area contributed by atoms with Crippen molar-refractivity contribution >= 4 is 16.1 Å². The van der Waals surface area contributed by atoms with Gasteiger partial charge in [-0.3, -0.25) is 4.79 Å². The molecule has 0 aromatic carbocycles. The van der Waals surface area contributed by atoms with Gasteiger partial charge in [0.15, 0.2) is 0 Å². The van der Waals surface area contributed by atoms with Crippen LogP contribution in [0.25, 0.3) is 0 Å². The normalized spacial score (nSPS) is 29.5. The quantitative estimate of drug-likeness (QED) is 0.448. The van der Waals surface area contributed by atoms with Gasteiger partial charge in [0.25, 0.3) is 0 Å². The third-order valence-electron chi connectivity index (χ3n) is 3.10. The van der Waals surface area contributed by atoms with Crippen molar-refractivity contribution in [3.05, 3.63) is 11.8 Å². The van der Waals surface area contributed by atoms with Gasteiger partial charge in [-0.1, -0.05) is 0 Å². The Morgan fingerprint density at radius 2 is 2.11 bits per heavy atom. The van der Waals surface area contributed by atoms with Gasteiger partial charge in [0.1, 0.15) is 5.76 Å². The van der Waals surface area contributed by atoms with E-state index in [9.17, 15) is 26.4 Å². The highest BCUT2D eigenvalue weighted by atomic mass is 32.2. The lowest BCUT2D eigenvalue weighted by molar-refractivity contribution is -0.145. The number of fused-ring (bicyclic) bond motifs is 1. The fourth-order valence-corrected chi connectivity index (χ4v) is 2.73. The van der Waals surface area contributed by atoms with E-state index in [-0.39, 0.29) is 36.5 Å². The summed E-state index contributed by atoms with van der Waals surface area (Å²) in [5.41, 5.74) is -5.44. The molecule has 9 heteroatoms. The molecular formula is C10H11F3O5S. The second-order valence-corrected chi connectivity index (χ2v) is 5.88. The van der Waals surface area contributed by atoms with Gasteiger partial charge in [0, 0.05) is 6.42 Å². The molecule has 0 saturated heterocycles. The van der Waals surface area contributed by atoms with Crippen LogP contribution in [0.2, 0.25) is 0 Å². The summed E-state index contributed by atoms with van der Waals surface area (Å²) in [6, 6.07) is 0. The molecule has 2 aliphatic rings. The van der Waals surface area contributed by atoms with Crippen molar-refractivity contribution in [2.24, 2.45) is 17.8 Å². The van der Waals surface area contributed by atoms with E-state index in [1.807, 2.05) is 0 Å². The van der Waals surface area contributed by atoms with Crippen LogP contribution in [0.3, 0.4) is 0 Å². The molecule has 2 aliphatic carbocycles. The number of halogens is 3. The van der Waals surface area contributed by atoms with Gasteiger partial charge >= 0.3 is 21.6 Å². The number of hydrogen-bond donors (Lipinski definition) is 0. The Morgan fingerprint density at radius 3 is 2.53 bits per heavy atom. The molecular weight excluding hydrogens is 289 g/mol. The van der Waals surface area contributed by atoms with E-state index < -0.39 is 21.6 Å². The smallest absolute Gasteiger partial charge is 0.466 e. The predicted molar refractivity (Wildman–Crippen MR) is 55.9 cm³/mol. The molecule has 0 bridgehead atoms. The summed E-state index contributed by atoms with van der Waals surface area (Å²) < 4.78 is 66.6. The SMILES string of the molecule is CCOC(=O)[C@H]1[C@@H]2C=C(OS(=O)(=O)C(F)(F)F)C[C@@H]21. The third kappa shape index (κ3) is 2.56. The summed E-state index contributed by atoms with van der Waals surface area (Å²) in [5, 5.41) is 0. The minimum absolute atomic E-state index is 0.00343. The zero-order valence-electron chi connectivity index (χ0n) is 9.81. The Morgan fingerprint density at radius 1 is 1.47 bits per heavy atom. The van der Waals surface area contributed by atoms with Gasteiger partial charge in [-0.2, -0.15) is 21.6 Å². The molecule has 3 atom stereocenters. The fourth-order valence-electron chi connectivity index (χ4n) is 2.23. The zero-order chi connectivity index (χ0) is 14.4. The number of carbonyl (C=O) groups excluding carboxylic acids is 1. The van der Waals surface area contributed by atoms with Gasteiger partial charge < -0.3 is 8.92 Å². The van der Waals surface area contributed by atoms with Crippen LogP contribution in [0.5, 0.6) is 0 Å². The predicted octanol–water partition coefficient (Wildman–Crippen LogP) is 1.57. The molecule has 19 heavy (non-hydrogen) atoms. The van der Waals surface area contributed by atoms with E-state index in [0.717, 1.165) is 0 Å². The standard InChI is InChI=1S/C10H11F3O5S/c1-2-17-9(14)8-6-3-5(4-7(6)8)18-19(15,16)10(11,12)13/h3,6-8H,2,4H2,1H3/t6-,7+,8+/m1/s1. The highest BCUT2D eigenvalue weighted by molar-refractivity contribution is 7.87. The highest BCUT2D eigenvalue weighted by Gasteiger charge is 2.59. The van der Waals surface area contributed by atoms with E-state index in [1.165, 1.54) is 6.08 Å². The van der Waals surface area contributed by atoms with Crippen LogP contribution in [0, 0.1) is 17.8 Å². The summed E-state index contributed by atoms with van der Waals surface area (Å²) in [5.74, 6) is -1.55. The Hall–Kier alpha value is -1.25. The Bertz CT molecular complexity index is 522. The lowest BCUT2D eigenvalue weighted by Crippen LogP contribution is -2.25. The molecule has 1 fully saturated rings. The topological polar surface area (TPSA) is 69.7 Å². The average Bonchev–Trinajstić information content (AvgIpc) is 2.75. The molecule has 5 nitrogen and oxygen atoms in total. The first-order chi connectivity index (χ1) is 8.67. The van der Waals surface area contributed by atoms with Crippen LogP contribution >= 0.6 is 0 Å². The maximum absolute atomic E-state index is 12.1. The number of alkyl halides is 3. The van der Waals surface area contributed by atoms with Crippen molar-refractivity contribution in [2.75, 3.05) is 6.61 Å². The van der Waals surface area contributed by atoms with Gasteiger partial charge in [-0.15, -0.1) is 0 Å². The maximum Gasteiger partial charge on any atom is 0.534 e. The lowest BCUT2D eigenvalue weighted by Gasteiger charge is -2.11.